The molecule has 1 unspecified atom stereocenters. The fraction of sp³-hybridized carbons (Fsp3) is 0.129. The van der Waals surface area contributed by atoms with Crippen molar-refractivity contribution in [2.45, 2.75) is 30.4 Å². The second-order valence-corrected chi connectivity index (χ2v) is 12.6. The van der Waals surface area contributed by atoms with Crippen LogP contribution in [0, 0.1) is 6.92 Å². The number of phenolic OH excluding ortho intramolecular Hbond substituents is 1. The van der Waals surface area contributed by atoms with Gasteiger partial charge in [-0.1, -0.05) is 66.5 Å². The maximum Gasteiger partial charge on any atom is 0.259 e. The zero-order valence-electron chi connectivity index (χ0n) is 23.0. The molecule has 0 saturated heterocycles. The number of para-hydroxylation sites is 2. The summed E-state index contributed by atoms with van der Waals surface area (Å²) in [7, 11) is -4.06. The van der Waals surface area contributed by atoms with Crippen LogP contribution in [0.15, 0.2) is 90.0 Å². The Hall–Kier alpha value is -4.38. The van der Waals surface area contributed by atoms with Crippen LogP contribution in [-0.2, 0) is 14.6 Å². The lowest BCUT2D eigenvalue weighted by molar-refractivity contribution is -0.115. The van der Waals surface area contributed by atoms with Crippen molar-refractivity contribution in [3.05, 3.63) is 106 Å². The Bertz CT molecular complexity index is 1960. The lowest BCUT2D eigenvalue weighted by Crippen LogP contribution is -2.35. The van der Waals surface area contributed by atoms with Crippen molar-refractivity contribution >= 4 is 67.1 Å². The first-order valence-electron chi connectivity index (χ1n) is 13.2. The fourth-order valence-electron chi connectivity index (χ4n) is 4.74. The smallest absolute Gasteiger partial charge is 0.259 e. The molecule has 9 nitrogen and oxygen atoms in total. The quantitative estimate of drug-likeness (QED) is 0.161. The molecule has 0 saturated carbocycles. The van der Waals surface area contributed by atoms with Crippen LogP contribution in [0.3, 0.4) is 0 Å². The van der Waals surface area contributed by atoms with Crippen molar-refractivity contribution in [1.29, 1.82) is 0 Å². The fourth-order valence-corrected chi connectivity index (χ4v) is 6.90. The Morgan fingerprint density at radius 1 is 0.953 bits per heavy atom. The van der Waals surface area contributed by atoms with Gasteiger partial charge in [0.25, 0.3) is 5.91 Å². The zero-order chi connectivity index (χ0) is 30.9. The highest BCUT2D eigenvalue weighted by Crippen LogP contribution is 2.37. The number of hydrogen-bond acceptors (Lipinski definition) is 6. The molecule has 0 aliphatic rings. The number of aromatic hydroxyl groups is 1. The molecule has 43 heavy (non-hydrogen) atoms. The molecule has 0 bridgehead atoms. The van der Waals surface area contributed by atoms with Gasteiger partial charge in [0, 0.05) is 29.0 Å². The van der Waals surface area contributed by atoms with E-state index in [4.69, 9.17) is 23.2 Å². The highest BCUT2D eigenvalue weighted by Gasteiger charge is 2.33. The molecular weight excluding hydrogens is 611 g/mol. The van der Waals surface area contributed by atoms with Gasteiger partial charge in [0.2, 0.25) is 5.91 Å². The van der Waals surface area contributed by atoms with Crippen LogP contribution >= 0.6 is 23.2 Å². The van der Waals surface area contributed by atoms with Crippen molar-refractivity contribution < 1.29 is 23.1 Å². The zero-order valence-corrected chi connectivity index (χ0v) is 25.3. The average molecular weight is 638 g/mol. The van der Waals surface area contributed by atoms with E-state index in [1.807, 2.05) is 42.5 Å². The lowest BCUT2D eigenvalue weighted by Gasteiger charge is -2.17. The Labute approximate surface area is 258 Å². The first kappa shape index (κ1) is 30.1. The number of aromatic nitrogens is 2. The van der Waals surface area contributed by atoms with E-state index >= 15 is 0 Å². The molecule has 0 radical (unpaired) electrons. The summed E-state index contributed by atoms with van der Waals surface area (Å²) in [6.45, 7) is 3.29. The summed E-state index contributed by atoms with van der Waals surface area (Å²) in [6.07, 6.45) is 1.19. The summed E-state index contributed by atoms with van der Waals surface area (Å²) in [5, 5.41) is 15.2. The number of aryl methyl sites for hydroxylation is 1. The van der Waals surface area contributed by atoms with E-state index in [9.17, 15) is 23.1 Å². The van der Waals surface area contributed by atoms with Gasteiger partial charge in [0.05, 0.1) is 32.4 Å². The molecule has 5 rings (SSSR count). The molecule has 2 heterocycles. The number of nitrogens with one attached hydrogen (secondary N) is 2. The summed E-state index contributed by atoms with van der Waals surface area (Å²) in [4.78, 5) is 30.5. The summed E-state index contributed by atoms with van der Waals surface area (Å²) < 4.78 is 28.0. The summed E-state index contributed by atoms with van der Waals surface area (Å²) >= 11 is 13.2. The van der Waals surface area contributed by atoms with Gasteiger partial charge < -0.3 is 15.7 Å². The van der Waals surface area contributed by atoms with Gasteiger partial charge in [-0.3, -0.25) is 19.1 Å². The van der Waals surface area contributed by atoms with Gasteiger partial charge in [-0.2, -0.15) is 0 Å². The molecule has 3 aromatic carbocycles. The molecule has 1 atom stereocenters. The number of sulfone groups is 1. The van der Waals surface area contributed by atoms with Crippen molar-refractivity contribution in [1.82, 2.24) is 9.55 Å². The molecule has 0 spiro atoms. The van der Waals surface area contributed by atoms with Crippen LogP contribution in [0.5, 0.6) is 5.75 Å². The molecule has 12 heteroatoms. The topological polar surface area (TPSA) is 130 Å². The van der Waals surface area contributed by atoms with Crippen molar-refractivity contribution in [2.75, 3.05) is 10.6 Å². The molecule has 0 aliphatic heterocycles. The number of nitrogens with zero attached hydrogens (tertiary/aromatic N) is 2. The molecular formula is C31H26Cl2N4O5S. The van der Waals surface area contributed by atoms with E-state index in [0.717, 1.165) is 11.8 Å². The number of carbonyl (C=O) groups excluding carboxylic acids is 2. The highest BCUT2D eigenvalue weighted by atomic mass is 35.5. The minimum absolute atomic E-state index is 0.0167. The Morgan fingerprint density at radius 3 is 2.33 bits per heavy atom. The molecule has 2 aromatic heterocycles. The van der Waals surface area contributed by atoms with Gasteiger partial charge in [-0.25, -0.2) is 8.42 Å². The number of rotatable bonds is 8. The van der Waals surface area contributed by atoms with Crippen LogP contribution in [0.4, 0.5) is 11.4 Å². The molecule has 5 aromatic rings. The van der Waals surface area contributed by atoms with Crippen LogP contribution in [0.25, 0.3) is 16.6 Å². The Morgan fingerprint density at radius 2 is 1.65 bits per heavy atom. The van der Waals surface area contributed by atoms with Crippen molar-refractivity contribution in [3.8, 4) is 11.4 Å². The van der Waals surface area contributed by atoms with E-state index in [2.05, 4.69) is 15.6 Å². The van der Waals surface area contributed by atoms with Gasteiger partial charge in [-0.05, 0) is 49.7 Å². The van der Waals surface area contributed by atoms with Gasteiger partial charge in [-0.15, -0.1) is 0 Å². The number of amides is 2. The molecule has 2 amide bonds. The van der Waals surface area contributed by atoms with Crippen LogP contribution < -0.4 is 10.6 Å². The minimum Gasteiger partial charge on any atom is -0.506 e. The predicted octanol–water partition coefficient (Wildman–Crippen LogP) is 6.79. The Kier molecular flexibility index (Phi) is 8.45. The first-order valence-corrected chi connectivity index (χ1v) is 15.5. The molecule has 0 aliphatic carbocycles. The Balaban J connectivity index is 1.41. The van der Waals surface area contributed by atoms with Gasteiger partial charge in [0.15, 0.2) is 9.84 Å². The van der Waals surface area contributed by atoms with E-state index in [1.165, 1.54) is 18.3 Å². The number of benzene rings is 3. The summed E-state index contributed by atoms with van der Waals surface area (Å²) in [5.74, 6) is -1.83. The number of phenols is 1. The summed E-state index contributed by atoms with van der Waals surface area (Å²) in [5.41, 5.74) is 2.24. The normalized spacial score (nSPS) is 12.2. The van der Waals surface area contributed by atoms with Crippen LogP contribution in [-0.4, -0.2) is 40.1 Å². The molecule has 220 valence electrons. The number of halogens is 2. The third-order valence-corrected chi connectivity index (χ3v) is 9.77. The predicted molar refractivity (Wildman–Crippen MR) is 168 cm³/mol. The third kappa shape index (κ3) is 5.81. The van der Waals surface area contributed by atoms with Gasteiger partial charge in [0.1, 0.15) is 16.2 Å². The molecule has 0 fully saturated rings. The van der Waals surface area contributed by atoms with Crippen molar-refractivity contribution in [2.24, 2.45) is 0 Å². The van der Waals surface area contributed by atoms with Crippen LogP contribution in [0.2, 0.25) is 10.2 Å². The van der Waals surface area contributed by atoms with E-state index in [-0.39, 0.29) is 38.4 Å². The van der Waals surface area contributed by atoms with E-state index < -0.39 is 32.7 Å². The second-order valence-electron chi connectivity index (χ2n) is 9.72. The van der Waals surface area contributed by atoms with Crippen molar-refractivity contribution in [3.63, 3.8) is 0 Å². The van der Waals surface area contributed by atoms with Gasteiger partial charge >= 0.3 is 0 Å². The number of carbonyl (C=O) groups is 2. The third-order valence-electron chi connectivity index (χ3n) is 6.90. The lowest BCUT2D eigenvalue weighted by atomic mass is 10.1. The first-order chi connectivity index (χ1) is 20.5. The molecule has 3 N–H and O–H groups in total. The second kappa shape index (κ2) is 12.1. The maximum atomic E-state index is 13.5. The van der Waals surface area contributed by atoms with Crippen LogP contribution in [0.1, 0.15) is 29.4 Å². The number of fused-ring (bicyclic) bond motifs is 1. The highest BCUT2D eigenvalue weighted by molar-refractivity contribution is 7.92. The minimum atomic E-state index is -4.06. The maximum absolute atomic E-state index is 13.5. The van der Waals surface area contributed by atoms with E-state index in [0.29, 0.717) is 16.6 Å². The average Bonchev–Trinajstić information content (AvgIpc) is 3.28. The number of pyridine rings is 1. The standard InChI is InChI=1S/C31H26Cl2N4O5S/c1-3-27(43(41,42)20-14-13-18(2)34-17-20)30(39)35-23-16-26(38)24(15-22(23)32)36-31(40)28-21-11-7-8-12-25(21)37(29(28)33)19-9-5-4-6-10-19/h4-17,27,38H,3H2,1-2H3,(H,35,39)(H,36,40). The summed E-state index contributed by atoms with van der Waals surface area (Å²) in [6, 6.07) is 21.9. The monoisotopic (exact) mass is 636 g/mol. The largest absolute Gasteiger partial charge is 0.506 e. The number of hydrogen-bond donors (Lipinski definition) is 3. The number of anilines is 2. The van der Waals surface area contributed by atoms with E-state index in [1.54, 1.807) is 36.6 Å². The SMILES string of the molecule is CCC(C(=O)Nc1cc(O)c(NC(=O)c2c(Cl)n(-c3ccccc3)c3ccccc23)cc1Cl)S(=O)(=O)c1ccc(C)nc1.